The first-order valence-electron chi connectivity index (χ1n) is 11.0. The lowest BCUT2D eigenvalue weighted by atomic mass is 9.94. The van der Waals surface area contributed by atoms with Crippen molar-refractivity contribution in [1.82, 2.24) is 20.4 Å². The molecule has 5 rings (SSSR count). The van der Waals surface area contributed by atoms with Gasteiger partial charge in [0.1, 0.15) is 11.5 Å². The van der Waals surface area contributed by atoms with Crippen molar-refractivity contribution in [3.8, 4) is 22.2 Å². The van der Waals surface area contributed by atoms with E-state index >= 15 is 0 Å². The zero-order chi connectivity index (χ0) is 24.4. The Morgan fingerprint density at radius 2 is 1.94 bits per heavy atom. The van der Waals surface area contributed by atoms with Gasteiger partial charge in [-0.3, -0.25) is 4.90 Å². The van der Waals surface area contributed by atoms with Crippen LogP contribution >= 0.6 is 11.3 Å². The Labute approximate surface area is 206 Å². The molecular weight excluding hydrogens is 464 g/mol. The van der Waals surface area contributed by atoms with Crippen LogP contribution in [-0.2, 0) is 6.54 Å². The summed E-state index contributed by atoms with van der Waals surface area (Å²) < 4.78 is 16.7. The summed E-state index contributed by atoms with van der Waals surface area (Å²) in [5.41, 5.74) is 3.17. The van der Waals surface area contributed by atoms with Gasteiger partial charge in [-0.25, -0.2) is 4.79 Å². The van der Waals surface area contributed by atoms with E-state index < -0.39 is 6.04 Å². The maximum atomic E-state index is 13.4. The number of hydrogen-bond acceptors (Lipinski definition) is 7. The number of aromatic nitrogens is 2. The van der Waals surface area contributed by atoms with Gasteiger partial charge in [-0.15, -0.1) is 11.3 Å². The number of carbonyl (C=O) groups is 1. The summed E-state index contributed by atoms with van der Waals surface area (Å²) in [5, 5.41) is 9.29. The van der Waals surface area contributed by atoms with E-state index in [9.17, 15) is 4.79 Å². The highest BCUT2D eigenvalue weighted by Gasteiger charge is 2.36. The van der Waals surface area contributed by atoms with Crippen molar-refractivity contribution >= 4 is 22.9 Å². The van der Waals surface area contributed by atoms with Crippen LogP contribution in [0.15, 0.2) is 76.3 Å². The molecule has 2 amide bonds. The van der Waals surface area contributed by atoms with Gasteiger partial charge in [0.2, 0.25) is 5.82 Å². The normalized spacial score (nSPS) is 15.8. The van der Waals surface area contributed by atoms with Crippen LogP contribution in [0, 0.1) is 0 Å². The molecule has 1 aliphatic rings. The quantitative estimate of drug-likeness (QED) is 0.369. The lowest BCUT2D eigenvalue weighted by Gasteiger charge is -2.35. The number of nitrogens with zero attached hydrogens (tertiary/aromatic N) is 3. The maximum Gasteiger partial charge on any atom is 0.322 e. The third kappa shape index (κ3) is 4.38. The van der Waals surface area contributed by atoms with Crippen LogP contribution in [0.5, 0.6) is 11.5 Å². The Hall–Kier alpha value is -4.11. The molecule has 0 aliphatic carbocycles. The maximum absolute atomic E-state index is 13.4. The SMILES string of the molecule is COc1cccc(C2NC(=O)N(Cc3ccccc3OC)C(C)=C2c2nc(-c3cccs3)no2)c1. The van der Waals surface area contributed by atoms with Crippen molar-refractivity contribution in [2.24, 2.45) is 0 Å². The van der Waals surface area contributed by atoms with Crippen molar-refractivity contribution in [3.05, 3.63) is 88.8 Å². The molecule has 2 aromatic heterocycles. The first-order chi connectivity index (χ1) is 17.1. The molecule has 0 spiro atoms. The van der Waals surface area contributed by atoms with Crippen LogP contribution in [-0.4, -0.2) is 35.3 Å². The van der Waals surface area contributed by atoms with Crippen molar-refractivity contribution in [3.63, 3.8) is 0 Å². The smallest absolute Gasteiger partial charge is 0.322 e. The number of ether oxygens (including phenoxy) is 2. The number of thiophene rings is 1. The highest BCUT2D eigenvalue weighted by molar-refractivity contribution is 7.13. The predicted octanol–water partition coefficient (Wildman–Crippen LogP) is 5.51. The van der Waals surface area contributed by atoms with E-state index in [2.05, 4.69) is 15.5 Å². The first-order valence-corrected chi connectivity index (χ1v) is 11.9. The molecule has 0 saturated carbocycles. The number of carbonyl (C=O) groups excluding carboxylic acids is 1. The van der Waals surface area contributed by atoms with Gasteiger partial charge in [0, 0.05) is 11.3 Å². The molecule has 0 saturated heterocycles. The van der Waals surface area contributed by atoms with Crippen LogP contribution < -0.4 is 14.8 Å². The van der Waals surface area contributed by atoms with E-state index in [0.29, 0.717) is 35.5 Å². The van der Waals surface area contributed by atoms with E-state index in [1.165, 1.54) is 11.3 Å². The summed E-state index contributed by atoms with van der Waals surface area (Å²) in [6.07, 6.45) is 0. The summed E-state index contributed by atoms with van der Waals surface area (Å²) in [7, 11) is 3.23. The van der Waals surface area contributed by atoms with Crippen molar-refractivity contribution in [2.75, 3.05) is 14.2 Å². The molecule has 2 aromatic carbocycles. The number of urea groups is 1. The Morgan fingerprint density at radius 1 is 1.09 bits per heavy atom. The van der Waals surface area contributed by atoms with Crippen molar-refractivity contribution in [2.45, 2.75) is 19.5 Å². The Bertz CT molecular complexity index is 1380. The van der Waals surface area contributed by atoms with Gasteiger partial charge in [0.05, 0.1) is 37.3 Å². The molecule has 0 radical (unpaired) electrons. The van der Waals surface area contributed by atoms with E-state index in [1.54, 1.807) is 19.1 Å². The van der Waals surface area contributed by atoms with Crippen LogP contribution in [0.25, 0.3) is 16.3 Å². The van der Waals surface area contributed by atoms with Crippen molar-refractivity contribution in [1.29, 1.82) is 0 Å². The van der Waals surface area contributed by atoms with E-state index in [4.69, 9.17) is 14.0 Å². The van der Waals surface area contributed by atoms with Crippen LogP contribution in [0.3, 0.4) is 0 Å². The minimum atomic E-state index is -0.497. The van der Waals surface area contributed by atoms with Gasteiger partial charge < -0.3 is 19.3 Å². The summed E-state index contributed by atoms with van der Waals surface area (Å²) in [5.74, 6) is 2.26. The van der Waals surface area contributed by atoms with Gasteiger partial charge in [-0.2, -0.15) is 4.98 Å². The summed E-state index contributed by atoms with van der Waals surface area (Å²) >= 11 is 1.53. The van der Waals surface area contributed by atoms with Crippen molar-refractivity contribution < 1.29 is 18.8 Å². The van der Waals surface area contributed by atoms with Gasteiger partial charge >= 0.3 is 6.03 Å². The van der Waals surface area contributed by atoms with Gasteiger partial charge in [0.25, 0.3) is 5.89 Å². The molecule has 35 heavy (non-hydrogen) atoms. The number of nitrogens with one attached hydrogen (secondary N) is 1. The molecule has 9 heteroatoms. The van der Waals surface area contributed by atoms with Crippen LogP contribution in [0.4, 0.5) is 4.79 Å². The summed E-state index contributed by atoms with van der Waals surface area (Å²) in [4.78, 5) is 20.6. The highest BCUT2D eigenvalue weighted by Crippen LogP contribution is 2.39. The monoisotopic (exact) mass is 488 g/mol. The third-order valence-corrected chi connectivity index (χ3v) is 6.81. The molecule has 4 aromatic rings. The number of amides is 2. The first kappa shape index (κ1) is 22.7. The molecule has 0 fully saturated rings. The largest absolute Gasteiger partial charge is 0.497 e. The van der Waals surface area contributed by atoms with Gasteiger partial charge in [-0.05, 0) is 42.1 Å². The Morgan fingerprint density at radius 3 is 2.71 bits per heavy atom. The van der Waals surface area contributed by atoms with Crippen LogP contribution in [0.2, 0.25) is 0 Å². The fourth-order valence-corrected chi connectivity index (χ4v) is 4.81. The third-order valence-electron chi connectivity index (χ3n) is 5.94. The number of methoxy groups -OCH3 is 2. The van der Waals surface area contributed by atoms with Crippen LogP contribution in [0.1, 0.15) is 30.0 Å². The molecule has 0 bridgehead atoms. The number of para-hydroxylation sites is 1. The number of rotatable bonds is 7. The summed E-state index contributed by atoms with van der Waals surface area (Å²) in [6, 6.07) is 18.4. The zero-order valence-corrected chi connectivity index (χ0v) is 20.3. The Balaban J connectivity index is 1.61. The van der Waals surface area contributed by atoms with Gasteiger partial charge in [-0.1, -0.05) is 41.6 Å². The Kier molecular flexibility index (Phi) is 6.24. The van der Waals surface area contributed by atoms with E-state index in [1.807, 2.05) is 73.0 Å². The predicted molar refractivity (Wildman–Crippen MR) is 133 cm³/mol. The van der Waals surface area contributed by atoms with E-state index in [0.717, 1.165) is 21.6 Å². The molecule has 1 N–H and O–H groups in total. The van der Waals surface area contributed by atoms with Gasteiger partial charge in [0.15, 0.2) is 0 Å². The lowest BCUT2D eigenvalue weighted by Crippen LogP contribution is -2.45. The average molecular weight is 489 g/mol. The molecule has 1 atom stereocenters. The minimum absolute atomic E-state index is 0.233. The highest BCUT2D eigenvalue weighted by atomic mass is 32.1. The zero-order valence-electron chi connectivity index (χ0n) is 19.5. The van der Waals surface area contributed by atoms with E-state index in [-0.39, 0.29) is 6.03 Å². The summed E-state index contributed by atoms with van der Waals surface area (Å²) in [6.45, 7) is 2.22. The standard InChI is InChI=1S/C26H24N4O4S/c1-16-22(25-28-24(29-34-25)21-12-7-13-35-21)23(17-9-6-10-19(14-17)32-2)27-26(31)30(16)15-18-8-4-5-11-20(18)33-3/h4-14,23H,15H2,1-3H3,(H,27,31). The number of hydrogen-bond donors (Lipinski definition) is 1. The molecule has 1 aliphatic heterocycles. The second-order valence-electron chi connectivity index (χ2n) is 7.96. The second kappa shape index (κ2) is 9.63. The lowest BCUT2D eigenvalue weighted by molar-refractivity contribution is 0.202. The molecule has 1 unspecified atom stereocenters. The number of allylic oxidation sites excluding steroid dienone is 1. The molecule has 8 nitrogen and oxygen atoms in total. The molecule has 178 valence electrons. The fraction of sp³-hybridized carbons (Fsp3) is 0.192. The fourth-order valence-electron chi connectivity index (χ4n) is 4.16. The number of benzene rings is 2. The molecular formula is C26H24N4O4S. The topological polar surface area (TPSA) is 89.7 Å². The minimum Gasteiger partial charge on any atom is -0.497 e. The average Bonchev–Trinajstić information content (AvgIpc) is 3.59. The molecule has 3 heterocycles. The second-order valence-corrected chi connectivity index (χ2v) is 8.90.